The van der Waals surface area contributed by atoms with E-state index in [1.54, 1.807) is 11.3 Å². The van der Waals surface area contributed by atoms with Crippen LogP contribution in [0.15, 0.2) is 10.8 Å². The van der Waals surface area contributed by atoms with Crippen molar-refractivity contribution in [1.82, 2.24) is 5.32 Å². The Labute approximate surface area is 103 Å². The topological polar surface area (TPSA) is 38.0 Å². The summed E-state index contributed by atoms with van der Waals surface area (Å²) in [6, 6.07) is 0. The Bertz CT molecular complexity index is 334. The van der Waals surface area contributed by atoms with Crippen LogP contribution in [0.25, 0.3) is 0 Å². The summed E-state index contributed by atoms with van der Waals surface area (Å²) >= 11 is 1.76. The molecule has 0 saturated heterocycles. The second-order valence-corrected chi connectivity index (χ2v) is 6.53. The maximum absolute atomic E-state index is 6.16. The van der Waals surface area contributed by atoms with Gasteiger partial charge in [0.05, 0.1) is 0 Å². The van der Waals surface area contributed by atoms with Crippen molar-refractivity contribution in [2.45, 2.75) is 46.7 Å². The number of rotatable bonds is 5. The quantitative estimate of drug-likeness (QED) is 0.830. The zero-order chi connectivity index (χ0) is 12.4. The minimum Gasteiger partial charge on any atom is -0.325 e. The van der Waals surface area contributed by atoms with Crippen LogP contribution in [0.2, 0.25) is 0 Å². The zero-order valence-electron chi connectivity index (χ0n) is 11.1. The normalized spacial score (nSPS) is 13.1. The van der Waals surface area contributed by atoms with Gasteiger partial charge in [-0.25, -0.2) is 0 Å². The van der Waals surface area contributed by atoms with Gasteiger partial charge in [-0.2, -0.15) is 11.3 Å². The number of nitrogens with two attached hydrogens (primary N) is 1. The maximum atomic E-state index is 6.16. The van der Waals surface area contributed by atoms with Gasteiger partial charge in [0, 0.05) is 18.6 Å². The SMILES string of the molecule is Cc1cscc1CNCC(C)(C)C(C)(C)N. The van der Waals surface area contributed by atoms with Gasteiger partial charge >= 0.3 is 0 Å². The highest BCUT2D eigenvalue weighted by Crippen LogP contribution is 2.27. The van der Waals surface area contributed by atoms with Crippen molar-refractivity contribution in [3.05, 3.63) is 21.9 Å². The molecule has 0 radical (unpaired) electrons. The Morgan fingerprint density at radius 2 is 1.88 bits per heavy atom. The molecule has 0 aliphatic rings. The van der Waals surface area contributed by atoms with E-state index in [-0.39, 0.29) is 11.0 Å². The summed E-state index contributed by atoms with van der Waals surface area (Å²) in [5.41, 5.74) is 8.87. The minimum atomic E-state index is -0.163. The fraction of sp³-hybridized carbons (Fsp3) is 0.692. The van der Waals surface area contributed by atoms with Crippen molar-refractivity contribution >= 4 is 11.3 Å². The van der Waals surface area contributed by atoms with Gasteiger partial charge in [-0.15, -0.1) is 0 Å². The fourth-order valence-electron chi connectivity index (χ4n) is 1.31. The lowest BCUT2D eigenvalue weighted by Gasteiger charge is -2.38. The van der Waals surface area contributed by atoms with Gasteiger partial charge in [0.15, 0.2) is 0 Å². The van der Waals surface area contributed by atoms with E-state index in [4.69, 9.17) is 5.73 Å². The van der Waals surface area contributed by atoms with Gasteiger partial charge in [0.25, 0.3) is 0 Å². The predicted molar refractivity (Wildman–Crippen MR) is 72.8 cm³/mol. The fourth-order valence-corrected chi connectivity index (χ4v) is 2.16. The molecule has 16 heavy (non-hydrogen) atoms. The molecule has 0 aromatic carbocycles. The van der Waals surface area contributed by atoms with Crippen LogP contribution in [-0.2, 0) is 6.54 Å². The molecule has 1 aromatic rings. The Balaban J connectivity index is 2.45. The van der Waals surface area contributed by atoms with Crippen LogP contribution in [-0.4, -0.2) is 12.1 Å². The van der Waals surface area contributed by atoms with Crippen molar-refractivity contribution in [1.29, 1.82) is 0 Å². The Morgan fingerprint density at radius 1 is 1.25 bits per heavy atom. The van der Waals surface area contributed by atoms with E-state index in [0.29, 0.717) is 0 Å². The second kappa shape index (κ2) is 4.86. The zero-order valence-corrected chi connectivity index (χ0v) is 11.9. The summed E-state index contributed by atoms with van der Waals surface area (Å²) in [6.07, 6.45) is 0. The standard InChI is InChI=1S/C13H24N2S/c1-10-7-16-8-11(10)6-15-9-12(2,3)13(4,5)14/h7-8,15H,6,9,14H2,1-5H3. The molecule has 0 unspecified atom stereocenters. The lowest BCUT2D eigenvalue weighted by molar-refractivity contribution is 0.195. The number of thiophene rings is 1. The molecule has 92 valence electrons. The van der Waals surface area contributed by atoms with Crippen LogP contribution in [0.5, 0.6) is 0 Å². The largest absolute Gasteiger partial charge is 0.325 e. The molecule has 0 spiro atoms. The molecule has 1 aromatic heterocycles. The molecular formula is C13H24N2S. The molecule has 0 amide bonds. The van der Waals surface area contributed by atoms with Crippen molar-refractivity contribution in [3.63, 3.8) is 0 Å². The Hall–Kier alpha value is -0.380. The Morgan fingerprint density at radius 3 is 2.31 bits per heavy atom. The first-order chi connectivity index (χ1) is 7.24. The molecule has 3 heteroatoms. The van der Waals surface area contributed by atoms with E-state index in [9.17, 15) is 0 Å². The number of nitrogens with one attached hydrogen (secondary N) is 1. The van der Waals surface area contributed by atoms with E-state index >= 15 is 0 Å². The summed E-state index contributed by atoms with van der Waals surface area (Å²) in [6.45, 7) is 12.6. The molecule has 0 atom stereocenters. The molecule has 0 saturated carbocycles. The molecule has 2 nitrogen and oxygen atoms in total. The van der Waals surface area contributed by atoms with Gasteiger partial charge in [0.2, 0.25) is 0 Å². The average molecular weight is 240 g/mol. The van der Waals surface area contributed by atoms with Crippen LogP contribution in [0.3, 0.4) is 0 Å². The third kappa shape index (κ3) is 3.30. The average Bonchev–Trinajstić information content (AvgIpc) is 2.49. The lowest BCUT2D eigenvalue weighted by Crippen LogP contribution is -2.52. The van der Waals surface area contributed by atoms with Crippen molar-refractivity contribution in [3.8, 4) is 0 Å². The first-order valence-corrected chi connectivity index (χ1v) is 6.69. The molecule has 0 bridgehead atoms. The number of aryl methyl sites for hydroxylation is 1. The highest BCUT2D eigenvalue weighted by atomic mass is 32.1. The summed E-state index contributed by atoms with van der Waals surface area (Å²) in [7, 11) is 0. The van der Waals surface area contributed by atoms with Crippen molar-refractivity contribution in [2.24, 2.45) is 11.1 Å². The minimum absolute atomic E-state index is 0.0942. The van der Waals surface area contributed by atoms with Gasteiger partial charge in [-0.1, -0.05) is 13.8 Å². The number of hydrogen-bond donors (Lipinski definition) is 2. The van der Waals surface area contributed by atoms with E-state index < -0.39 is 0 Å². The monoisotopic (exact) mass is 240 g/mol. The van der Waals surface area contributed by atoms with Gasteiger partial charge in [-0.05, 0) is 48.1 Å². The van der Waals surface area contributed by atoms with Crippen molar-refractivity contribution < 1.29 is 0 Å². The smallest absolute Gasteiger partial charge is 0.0216 e. The van der Waals surface area contributed by atoms with Crippen LogP contribution in [0.1, 0.15) is 38.8 Å². The Kier molecular flexibility index (Phi) is 4.16. The third-order valence-electron chi connectivity index (χ3n) is 3.59. The summed E-state index contributed by atoms with van der Waals surface area (Å²) < 4.78 is 0. The molecule has 1 heterocycles. The highest BCUT2D eigenvalue weighted by molar-refractivity contribution is 7.08. The first kappa shape index (κ1) is 13.7. The molecule has 1 rings (SSSR count). The lowest BCUT2D eigenvalue weighted by atomic mass is 9.75. The molecular weight excluding hydrogens is 216 g/mol. The highest BCUT2D eigenvalue weighted by Gasteiger charge is 2.32. The maximum Gasteiger partial charge on any atom is 0.0216 e. The summed E-state index contributed by atoms with van der Waals surface area (Å²) in [5, 5.41) is 7.90. The van der Waals surface area contributed by atoms with E-state index in [0.717, 1.165) is 13.1 Å². The first-order valence-electron chi connectivity index (χ1n) is 5.75. The van der Waals surface area contributed by atoms with Crippen LogP contribution >= 0.6 is 11.3 Å². The van der Waals surface area contributed by atoms with Gasteiger partial charge in [0.1, 0.15) is 0 Å². The van der Waals surface area contributed by atoms with Crippen LogP contribution in [0, 0.1) is 12.3 Å². The molecule has 0 fully saturated rings. The summed E-state index contributed by atoms with van der Waals surface area (Å²) in [5.74, 6) is 0. The van der Waals surface area contributed by atoms with Crippen molar-refractivity contribution in [2.75, 3.05) is 6.54 Å². The molecule has 3 N–H and O–H groups in total. The molecule has 0 aliphatic carbocycles. The van der Waals surface area contributed by atoms with Gasteiger partial charge in [-0.3, -0.25) is 0 Å². The van der Waals surface area contributed by atoms with E-state index in [1.807, 2.05) is 0 Å². The third-order valence-corrected chi connectivity index (χ3v) is 4.50. The summed E-state index contributed by atoms with van der Waals surface area (Å²) in [4.78, 5) is 0. The second-order valence-electron chi connectivity index (χ2n) is 5.79. The van der Waals surface area contributed by atoms with Crippen LogP contribution in [0.4, 0.5) is 0 Å². The molecule has 0 aliphatic heterocycles. The van der Waals surface area contributed by atoms with Gasteiger partial charge < -0.3 is 11.1 Å². The number of hydrogen-bond acceptors (Lipinski definition) is 3. The van der Waals surface area contributed by atoms with E-state index in [2.05, 4.69) is 50.7 Å². The predicted octanol–water partition coefficient (Wildman–Crippen LogP) is 2.91. The van der Waals surface area contributed by atoms with Crippen LogP contribution < -0.4 is 11.1 Å². The van der Waals surface area contributed by atoms with E-state index in [1.165, 1.54) is 11.1 Å².